The van der Waals surface area contributed by atoms with Gasteiger partial charge in [-0.3, -0.25) is 4.79 Å². The standard InChI is InChI=1S/C24H19F3N4O3.C2HF3O2/c1-33-16-8-6-15(7-9-16)12-22(32)31-21-13-20(18(14-29-21)24(25,26)27)30-19-5-3-2-4-17(19)23-28-10-11-34-23;3-2(4,5)1(6)7/h2-11,13-14H,12H2,1H3,(H2,29,30,31,32);(H,6,7). The van der Waals surface area contributed by atoms with Crippen LogP contribution in [0.1, 0.15) is 11.1 Å². The lowest BCUT2D eigenvalue weighted by Gasteiger charge is -2.17. The van der Waals surface area contributed by atoms with E-state index in [0.717, 1.165) is 6.07 Å². The fourth-order valence-corrected chi connectivity index (χ4v) is 3.25. The molecule has 0 spiro atoms. The number of carboxylic acids is 1. The van der Waals surface area contributed by atoms with E-state index in [1.54, 1.807) is 48.5 Å². The maximum atomic E-state index is 13.7. The summed E-state index contributed by atoms with van der Waals surface area (Å²) in [5.74, 6) is -2.31. The molecule has 0 bridgehead atoms. The highest BCUT2D eigenvalue weighted by atomic mass is 19.4. The first-order chi connectivity index (χ1) is 19.3. The van der Waals surface area contributed by atoms with Crippen LogP contribution in [0.15, 0.2) is 77.7 Å². The smallest absolute Gasteiger partial charge is 0.490 e. The number of aromatic nitrogens is 2. The van der Waals surface area contributed by atoms with Gasteiger partial charge in [0.15, 0.2) is 0 Å². The minimum absolute atomic E-state index is 0.0163. The van der Waals surface area contributed by atoms with Gasteiger partial charge in [0, 0.05) is 12.3 Å². The molecule has 2 aromatic carbocycles. The van der Waals surface area contributed by atoms with Gasteiger partial charge in [0.05, 0.1) is 42.2 Å². The molecule has 0 fully saturated rings. The van der Waals surface area contributed by atoms with Crippen molar-refractivity contribution < 1.29 is 50.2 Å². The average molecular weight is 582 g/mol. The number of carboxylic acid groups (broad SMARTS) is 1. The molecule has 4 aromatic rings. The number of methoxy groups -OCH3 is 1. The van der Waals surface area contributed by atoms with Gasteiger partial charge in [0.2, 0.25) is 11.8 Å². The number of carbonyl (C=O) groups is 2. The van der Waals surface area contributed by atoms with Crippen LogP contribution in [-0.4, -0.2) is 40.2 Å². The van der Waals surface area contributed by atoms with E-state index in [-0.39, 0.29) is 23.8 Å². The van der Waals surface area contributed by atoms with Crippen LogP contribution in [0.3, 0.4) is 0 Å². The molecule has 0 saturated carbocycles. The zero-order chi connectivity index (χ0) is 30.2. The van der Waals surface area contributed by atoms with Crippen molar-refractivity contribution in [2.45, 2.75) is 18.8 Å². The van der Waals surface area contributed by atoms with E-state index in [1.807, 2.05) is 0 Å². The molecule has 0 aliphatic carbocycles. The Kier molecular flexibility index (Phi) is 9.55. The lowest BCUT2D eigenvalue weighted by Crippen LogP contribution is -2.21. The van der Waals surface area contributed by atoms with Crippen LogP contribution in [0.25, 0.3) is 11.5 Å². The van der Waals surface area contributed by atoms with Gasteiger partial charge in [-0.1, -0.05) is 24.3 Å². The molecule has 9 nitrogen and oxygen atoms in total. The lowest BCUT2D eigenvalue weighted by molar-refractivity contribution is -0.192. The molecule has 0 aliphatic heterocycles. The Morgan fingerprint density at radius 1 is 0.976 bits per heavy atom. The number of hydrogen-bond donors (Lipinski definition) is 3. The molecule has 4 rings (SSSR count). The zero-order valence-electron chi connectivity index (χ0n) is 20.9. The summed E-state index contributed by atoms with van der Waals surface area (Å²) in [7, 11) is 1.53. The topological polar surface area (TPSA) is 127 Å². The number of alkyl halides is 6. The van der Waals surface area contributed by atoms with Crippen LogP contribution in [0, 0.1) is 0 Å². The summed E-state index contributed by atoms with van der Waals surface area (Å²) in [4.78, 5) is 29.2. The van der Waals surface area contributed by atoms with Crippen molar-refractivity contribution >= 4 is 29.1 Å². The van der Waals surface area contributed by atoms with Gasteiger partial charge in [0.1, 0.15) is 17.8 Å². The number of para-hydroxylation sites is 1. The first kappa shape index (κ1) is 30.5. The molecule has 0 aliphatic rings. The van der Waals surface area contributed by atoms with Crippen molar-refractivity contribution in [2.75, 3.05) is 17.7 Å². The van der Waals surface area contributed by atoms with Crippen LogP contribution in [0.2, 0.25) is 0 Å². The highest BCUT2D eigenvalue weighted by Gasteiger charge is 2.38. The molecule has 3 N–H and O–H groups in total. The fraction of sp³-hybridized carbons (Fsp3) is 0.154. The Morgan fingerprint density at radius 2 is 1.63 bits per heavy atom. The van der Waals surface area contributed by atoms with Crippen molar-refractivity contribution in [1.29, 1.82) is 0 Å². The summed E-state index contributed by atoms with van der Waals surface area (Å²) in [6, 6.07) is 14.7. The molecule has 2 heterocycles. The second-order valence-electron chi connectivity index (χ2n) is 8.00. The fourth-order valence-electron chi connectivity index (χ4n) is 3.25. The number of nitrogens with zero attached hydrogens (tertiary/aromatic N) is 2. The Balaban J connectivity index is 0.000000587. The minimum atomic E-state index is -5.08. The van der Waals surface area contributed by atoms with Crippen LogP contribution >= 0.6 is 0 Å². The highest BCUT2D eigenvalue weighted by molar-refractivity contribution is 5.92. The molecule has 0 atom stereocenters. The molecule has 0 radical (unpaired) electrons. The molecule has 0 saturated heterocycles. The van der Waals surface area contributed by atoms with Crippen LogP contribution in [0.4, 0.5) is 43.5 Å². The average Bonchev–Trinajstić information content (AvgIpc) is 3.44. The third-order valence-corrected chi connectivity index (χ3v) is 5.10. The Labute approximate surface area is 227 Å². The van der Waals surface area contributed by atoms with E-state index < -0.39 is 29.8 Å². The summed E-state index contributed by atoms with van der Waals surface area (Å²) >= 11 is 0. The third kappa shape index (κ3) is 8.71. The van der Waals surface area contributed by atoms with Gasteiger partial charge in [-0.2, -0.15) is 26.3 Å². The van der Waals surface area contributed by atoms with E-state index in [4.69, 9.17) is 19.1 Å². The predicted octanol–water partition coefficient (Wildman–Crippen LogP) is 6.32. The van der Waals surface area contributed by atoms with Gasteiger partial charge in [0.25, 0.3) is 0 Å². The Morgan fingerprint density at radius 3 is 2.20 bits per heavy atom. The number of anilines is 3. The maximum absolute atomic E-state index is 13.7. The molecular formula is C26H20F6N4O5. The number of amides is 1. The number of halogens is 6. The number of rotatable bonds is 7. The zero-order valence-corrected chi connectivity index (χ0v) is 20.9. The first-order valence-electron chi connectivity index (χ1n) is 11.3. The number of nitrogens with one attached hydrogen (secondary N) is 2. The first-order valence-corrected chi connectivity index (χ1v) is 11.3. The molecule has 216 valence electrons. The van der Waals surface area contributed by atoms with E-state index >= 15 is 0 Å². The number of aliphatic carboxylic acids is 1. The normalized spacial score (nSPS) is 11.2. The van der Waals surface area contributed by atoms with E-state index in [1.165, 1.54) is 19.6 Å². The van der Waals surface area contributed by atoms with Crippen LogP contribution < -0.4 is 15.4 Å². The monoisotopic (exact) mass is 582 g/mol. The van der Waals surface area contributed by atoms with Crippen molar-refractivity contribution in [1.82, 2.24) is 9.97 Å². The summed E-state index contributed by atoms with van der Waals surface area (Å²) in [6.07, 6.45) is -6.24. The second-order valence-corrected chi connectivity index (χ2v) is 8.00. The summed E-state index contributed by atoms with van der Waals surface area (Å²) in [5.41, 5.74) is 0.271. The van der Waals surface area contributed by atoms with E-state index in [0.29, 0.717) is 28.8 Å². The molecule has 41 heavy (non-hydrogen) atoms. The molecule has 2 aromatic heterocycles. The van der Waals surface area contributed by atoms with Gasteiger partial charge in [-0.15, -0.1) is 0 Å². The number of hydrogen-bond acceptors (Lipinski definition) is 7. The summed E-state index contributed by atoms with van der Waals surface area (Å²) < 4.78 is 83.1. The molecule has 1 amide bonds. The number of benzene rings is 2. The van der Waals surface area contributed by atoms with E-state index in [9.17, 15) is 31.1 Å². The highest BCUT2D eigenvalue weighted by Crippen LogP contribution is 2.38. The number of carbonyl (C=O) groups excluding carboxylic acids is 1. The van der Waals surface area contributed by atoms with Gasteiger partial charge in [-0.05, 0) is 29.8 Å². The van der Waals surface area contributed by atoms with Crippen molar-refractivity contribution in [3.63, 3.8) is 0 Å². The van der Waals surface area contributed by atoms with Gasteiger partial charge in [-0.25, -0.2) is 14.8 Å². The number of oxazole rings is 1. The number of pyridine rings is 1. The largest absolute Gasteiger partial charge is 0.497 e. The third-order valence-electron chi connectivity index (χ3n) is 5.10. The maximum Gasteiger partial charge on any atom is 0.490 e. The van der Waals surface area contributed by atoms with Gasteiger partial charge < -0.3 is 24.9 Å². The quantitative estimate of drug-likeness (QED) is 0.216. The second kappa shape index (κ2) is 12.8. The number of ether oxygens (including phenoxy) is 1. The van der Waals surface area contributed by atoms with E-state index in [2.05, 4.69) is 20.6 Å². The lowest BCUT2D eigenvalue weighted by atomic mass is 10.1. The molecule has 15 heteroatoms. The van der Waals surface area contributed by atoms with Crippen molar-refractivity contribution in [2.24, 2.45) is 0 Å². The Hall–Kier alpha value is -5.08. The predicted molar refractivity (Wildman–Crippen MR) is 133 cm³/mol. The van der Waals surface area contributed by atoms with Crippen LogP contribution in [0.5, 0.6) is 5.75 Å². The SMILES string of the molecule is COc1ccc(CC(=O)Nc2cc(Nc3ccccc3-c3ncco3)c(C(F)(F)F)cn2)cc1.O=C(O)C(F)(F)F. The molecule has 0 unspecified atom stereocenters. The molecular weight excluding hydrogens is 562 g/mol. The van der Waals surface area contributed by atoms with Crippen molar-refractivity contribution in [3.05, 3.63) is 84.4 Å². The summed E-state index contributed by atoms with van der Waals surface area (Å²) in [5, 5.41) is 12.5. The minimum Gasteiger partial charge on any atom is -0.497 e. The van der Waals surface area contributed by atoms with Gasteiger partial charge >= 0.3 is 18.3 Å². The van der Waals surface area contributed by atoms with Crippen molar-refractivity contribution in [3.8, 4) is 17.2 Å². The Bertz CT molecular complexity index is 1470. The van der Waals surface area contributed by atoms with Crippen LogP contribution in [-0.2, 0) is 22.2 Å². The summed E-state index contributed by atoms with van der Waals surface area (Å²) in [6.45, 7) is 0.